The predicted octanol–water partition coefficient (Wildman–Crippen LogP) is 3.91. The number of hydrogen-bond acceptors (Lipinski definition) is 4. The minimum Gasteiger partial charge on any atom is -0.377 e. The molecule has 1 amide bonds. The van der Waals surface area contributed by atoms with Gasteiger partial charge in [-0.15, -0.1) is 0 Å². The number of carbonyl (C=O) groups is 1. The molecule has 2 aromatic carbocycles. The van der Waals surface area contributed by atoms with Crippen LogP contribution in [0.4, 0.5) is 17.1 Å². The number of nitro groups is 1. The van der Waals surface area contributed by atoms with E-state index in [1.807, 2.05) is 18.2 Å². The Morgan fingerprint density at radius 2 is 1.88 bits per heavy atom. The maximum atomic E-state index is 12.5. The van der Waals surface area contributed by atoms with Crippen molar-refractivity contribution in [2.75, 3.05) is 10.6 Å². The molecule has 6 heteroatoms. The van der Waals surface area contributed by atoms with Crippen molar-refractivity contribution in [1.82, 2.24) is 0 Å². The highest BCUT2D eigenvalue weighted by Crippen LogP contribution is 2.32. The van der Waals surface area contributed by atoms with Crippen molar-refractivity contribution >= 4 is 23.0 Å². The normalized spacial score (nSPS) is 15.5. The molecule has 0 unspecified atom stereocenters. The van der Waals surface area contributed by atoms with Crippen molar-refractivity contribution < 1.29 is 9.72 Å². The third-order valence-corrected chi connectivity index (χ3v) is 4.75. The van der Waals surface area contributed by atoms with E-state index in [9.17, 15) is 14.9 Å². The summed E-state index contributed by atoms with van der Waals surface area (Å²) in [4.78, 5) is 23.4. The second-order valence-corrected chi connectivity index (χ2v) is 6.70. The Hall–Kier alpha value is -2.89. The van der Waals surface area contributed by atoms with Gasteiger partial charge in [0.05, 0.1) is 4.92 Å². The molecule has 0 aromatic heterocycles. The highest BCUT2D eigenvalue weighted by molar-refractivity contribution is 6.05. The second-order valence-electron chi connectivity index (χ2n) is 6.70. The SMILES string of the molecule is O=C(Nc1ccc2c(c1)CCC2)c1ccc(NC2CC2)c([N+](=O)[O-])c1. The largest absolute Gasteiger partial charge is 0.377 e. The average molecular weight is 337 g/mol. The van der Waals surface area contributed by atoms with Crippen LogP contribution in [0.5, 0.6) is 0 Å². The van der Waals surface area contributed by atoms with E-state index in [4.69, 9.17) is 0 Å². The number of nitro benzene ring substituents is 1. The third kappa shape index (κ3) is 3.33. The fourth-order valence-corrected chi connectivity index (χ4v) is 3.25. The molecular weight excluding hydrogens is 318 g/mol. The molecule has 25 heavy (non-hydrogen) atoms. The number of carbonyl (C=O) groups excluding carboxylic acids is 1. The van der Waals surface area contributed by atoms with Crippen molar-refractivity contribution in [1.29, 1.82) is 0 Å². The summed E-state index contributed by atoms with van der Waals surface area (Å²) in [5.74, 6) is -0.334. The van der Waals surface area contributed by atoms with Crippen LogP contribution in [-0.4, -0.2) is 16.9 Å². The topological polar surface area (TPSA) is 84.3 Å². The average Bonchev–Trinajstić information content (AvgIpc) is 3.29. The molecule has 128 valence electrons. The molecule has 2 aromatic rings. The monoisotopic (exact) mass is 337 g/mol. The van der Waals surface area contributed by atoms with Crippen LogP contribution in [-0.2, 0) is 12.8 Å². The van der Waals surface area contributed by atoms with E-state index in [-0.39, 0.29) is 17.2 Å². The number of benzene rings is 2. The Kier molecular flexibility index (Phi) is 3.87. The van der Waals surface area contributed by atoms with Gasteiger partial charge in [-0.3, -0.25) is 14.9 Å². The summed E-state index contributed by atoms with van der Waals surface area (Å²) in [5.41, 5.74) is 4.04. The smallest absolute Gasteiger partial charge is 0.293 e. The summed E-state index contributed by atoms with van der Waals surface area (Å²) < 4.78 is 0. The number of amides is 1. The molecule has 6 nitrogen and oxygen atoms in total. The lowest BCUT2D eigenvalue weighted by Gasteiger charge is -2.09. The summed E-state index contributed by atoms with van der Waals surface area (Å²) in [7, 11) is 0. The Bertz CT molecular complexity index is 859. The number of rotatable bonds is 5. The number of nitrogens with one attached hydrogen (secondary N) is 2. The molecule has 0 heterocycles. The van der Waals surface area contributed by atoms with Crippen LogP contribution in [0.1, 0.15) is 40.7 Å². The Morgan fingerprint density at radius 1 is 1.08 bits per heavy atom. The summed E-state index contributed by atoms with van der Waals surface area (Å²) in [5, 5.41) is 17.3. The molecule has 2 N–H and O–H groups in total. The number of nitrogens with zero attached hydrogens (tertiary/aromatic N) is 1. The third-order valence-electron chi connectivity index (χ3n) is 4.75. The first kappa shape index (κ1) is 15.6. The van der Waals surface area contributed by atoms with E-state index in [0.29, 0.717) is 11.7 Å². The van der Waals surface area contributed by atoms with E-state index in [1.54, 1.807) is 12.1 Å². The van der Waals surface area contributed by atoms with Crippen LogP contribution in [0.15, 0.2) is 36.4 Å². The molecule has 0 spiro atoms. The van der Waals surface area contributed by atoms with Gasteiger partial charge in [0.15, 0.2) is 0 Å². The quantitative estimate of drug-likeness (QED) is 0.640. The van der Waals surface area contributed by atoms with Gasteiger partial charge >= 0.3 is 0 Å². The van der Waals surface area contributed by atoms with Crippen LogP contribution in [0.25, 0.3) is 0 Å². The van der Waals surface area contributed by atoms with Gasteiger partial charge in [0.25, 0.3) is 11.6 Å². The molecule has 1 fully saturated rings. The molecule has 4 rings (SSSR count). The lowest BCUT2D eigenvalue weighted by molar-refractivity contribution is -0.384. The van der Waals surface area contributed by atoms with Crippen LogP contribution >= 0.6 is 0 Å². The lowest BCUT2D eigenvalue weighted by Crippen LogP contribution is -2.13. The first-order valence-corrected chi connectivity index (χ1v) is 8.58. The molecule has 0 atom stereocenters. The molecule has 0 bridgehead atoms. The van der Waals surface area contributed by atoms with Crippen molar-refractivity contribution in [3.8, 4) is 0 Å². The molecule has 2 aliphatic carbocycles. The second kappa shape index (κ2) is 6.20. The van der Waals surface area contributed by atoms with Gasteiger partial charge in [-0.05, 0) is 67.5 Å². The maximum Gasteiger partial charge on any atom is 0.293 e. The van der Waals surface area contributed by atoms with Gasteiger partial charge in [-0.1, -0.05) is 6.07 Å². The summed E-state index contributed by atoms with van der Waals surface area (Å²) in [6, 6.07) is 10.8. The summed E-state index contributed by atoms with van der Waals surface area (Å²) in [6.45, 7) is 0. The molecule has 1 saturated carbocycles. The highest BCUT2D eigenvalue weighted by Gasteiger charge is 2.25. The molecule has 0 radical (unpaired) electrons. The standard InChI is InChI=1S/C19H19N3O3/c23-19(21-16-6-4-12-2-1-3-13(12)10-16)14-5-9-17(20-15-7-8-15)18(11-14)22(24)25/h4-6,9-11,15,20H,1-3,7-8H2,(H,21,23). The zero-order valence-electron chi connectivity index (χ0n) is 13.7. The fraction of sp³-hybridized carbons (Fsp3) is 0.316. The first-order chi connectivity index (χ1) is 12.1. The Balaban J connectivity index is 1.55. The highest BCUT2D eigenvalue weighted by atomic mass is 16.6. The van der Waals surface area contributed by atoms with Gasteiger partial charge in [0.1, 0.15) is 5.69 Å². The minimum absolute atomic E-state index is 0.0616. The number of fused-ring (bicyclic) bond motifs is 1. The maximum absolute atomic E-state index is 12.5. The van der Waals surface area contributed by atoms with E-state index < -0.39 is 4.92 Å². The predicted molar refractivity (Wildman–Crippen MR) is 96.2 cm³/mol. The van der Waals surface area contributed by atoms with E-state index >= 15 is 0 Å². The Labute approximate surface area is 145 Å². The van der Waals surface area contributed by atoms with E-state index in [1.165, 1.54) is 17.2 Å². The van der Waals surface area contributed by atoms with Crippen molar-refractivity contribution in [2.45, 2.75) is 38.1 Å². The van der Waals surface area contributed by atoms with Crippen molar-refractivity contribution in [3.05, 3.63) is 63.2 Å². The van der Waals surface area contributed by atoms with E-state index in [0.717, 1.165) is 37.8 Å². The molecular formula is C19H19N3O3. The number of hydrogen-bond donors (Lipinski definition) is 2. The van der Waals surface area contributed by atoms with Crippen LogP contribution in [0, 0.1) is 10.1 Å². The van der Waals surface area contributed by atoms with E-state index in [2.05, 4.69) is 10.6 Å². The van der Waals surface area contributed by atoms with Gasteiger partial charge in [-0.25, -0.2) is 0 Å². The number of aryl methyl sites for hydroxylation is 2. The minimum atomic E-state index is -0.448. The molecule has 0 saturated heterocycles. The van der Waals surface area contributed by atoms with Crippen LogP contribution in [0.2, 0.25) is 0 Å². The van der Waals surface area contributed by atoms with Gasteiger partial charge < -0.3 is 10.6 Å². The first-order valence-electron chi connectivity index (χ1n) is 8.58. The molecule has 0 aliphatic heterocycles. The summed E-state index contributed by atoms with van der Waals surface area (Å²) in [6.07, 6.45) is 5.32. The fourth-order valence-electron chi connectivity index (χ4n) is 3.25. The zero-order valence-corrected chi connectivity index (χ0v) is 13.7. The van der Waals surface area contributed by atoms with Gasteiger partial charge in [0.2, 0.25) is 0 Å². The zero-order chi connectivity index (χ0) is 17.4. The Morgan fingerprint density at radius 3 is 2.64 bits per heavy atom. The van der Waals surface area contributed by atoms with Crippen LogP contribution in [0.3, 0.4) is 0 Å². The number of anilines is 2. The van der Waals surface area contributed by atoms with Gasteiger partial charge in [-0.2, -0.15) is 0 Å². The van der Waals surface area contributed by atoms with Crippen molar-refractivity contribution in [2.24, 2.45) is 0 Å². The van der Waals surface area contributed by atoms with Crippen molar-refractivity contribution in [3.63, 3.8) is 0 Å². The van der Waals surface area contributed by atoms with Gasteiger partial charge in [0, 0.05) is 23.4 Å². The van der Waals surface area contributed by atoms with Crippen LogP contribution < -0.4 is 10.6 Å². The molecule has 2 aliphatic rings. The summed E-state index contributed by atoms with van der Waals surface area (Å²) >= 11 is 0. The lowest BCUT2D eigenvalue weighted by atomic mass is 10.1.